The topological polar surface area (TPSA) is 71.3 Å². The maximum atomic E-state index is 12.2. The van der Waals surface area contributed by atoms with E-state index in [9.17, 15) is 9.59 Å². The summed E-state index contributed by atoms with van der Waals surface area (Å²) in [5.41, 5.74) is 0.552. The molecule has 1 amide bonds. The molecule has 19 heavy (non-hydrogen) atoms. The van der Waals surface area contributed by atoms with Crippen molar-refractivity contribution in [2.75, 3.05) is 0 Å². The van der Waals surface area contributed by atoms with Gasteiger partial charge in [-0.25, -0.2) is 4.79 Å². The van der Waals surface area contributed by atoms with Crippen LogP contribution < -0.4 is 5.32 Å². The van der Waals surface area contributed by atoms with Gasteiger partial charge in [0.15, 0.2) is 0 Å². The average molecular weight is 264 g/mol. The van der Waals surface area contributed by atoms with Crippen molar-refractivity contribution in [3.8, 4) is 0 Å². The van der Waals surface area contributed by atoms with Crippen molar-refractivity contribution in [1.82, 2.24) is 9.88 Å². The number of hydrogen-bond donors (Lipinski definition) is 2. The van der Waals surface area contributed by atoms with E-state index in [1.807, 2.05) is 16.8 Å². The summed E-state index contributed by atoms with van der Waals surface area (Å²) in [6, 6.07) is 3.11. The average Bonchev–Trinajstić information content (AvgIpc) is 2.71. The largest absolute Gasteiger partial charge is 0.480 e. The second kappa shape index (κ2) is 5.47. The van der Waals surface area contributed by atoms with Gasteiger partial charge in [-0.05, 0) is 37.3 Å². The Bertz CT molecular complexity index is 475. The molecule has 0 aliphatic heterocycles. The monoisotopic (exact) mass is 264 g/mol. The molecule has 1 heterocycles. The molecule has 2 N–H and O–H groups in total. The number of aromatic nitrogens is 1. The molecule has 104 valence electrons. The zero-order valence-corrected chi connectivity index (χ0v) is 11.3. The van der Waals surface area contributed by atoms with Crippen molar-refractivity contribution in [1.29, 1.82) is 0 Å². The highest BCUT2D eigenvalue weighted by atomic mass is 16.4. The first-order valence-electron chi connectivity index (χ1n) is 6.71. The van der Waals surface area contributed by atoms with Gasteiger partial charge in [-0.15, -0.1) is 0 Å². The molecule has 0 saturated heterocycles. The van der Waals surface area contributed by atoms with Crippen molar-refractivity contribution >= 4 is 11.9 Å². The number of aliphatic carboxylic acids is 1. The number of nitrogens with one attached hydrogen (secondary N) is 1. The number of carbonyl (C=O) groups is 2. The third-order valence-corrected chi connectivity index (χ3v) is 3.70. The van der Waals surface area contributed by atoms with Crippen LogP contribution >= 0.6 is 0 Å². The highest BCUT2D eigenvalue weighted by molar-refractivity contribution is 5.95. The Morgan fingerprint density at radius 2 is 2.11 bits per heavy atom. The quantitative estimate of drug-likeness (QED) is 0.855. The molecule has 5 nitrogen and oxygen atoms in total. The molecule has 0 unspecified atom stereocenters. The minimum Gasteiger partial charge on any atom is -0.480 e. The zero-order chi connectivity index (χ0) is 14.0. The predicted molar refractivity (Wildman–Crippen MR) is 71.0 cm³/mol. The normalized spacial score (nSPS) is 17.0. The summed E-state index contributed by atoms with van der Waals surface area (Å²) in [5.74, 6) is -1.45. The predicted octanol–water partition coefficient (Wildman–Crippen LogP) is 2.05. The maximum Gasteiger partial charge on any atom is 0.326 e. The van der Waals surface area contributed by atoms with E-state index in [-0.39, 0.29) is 11.8 Å². The lowest BCUT2D eigenvalue weighted by Crippen LogP contribution is -2.45. The number of carboxylic acid groups (broad SMARTS) is 1. The number of carboxylic acids is 1. The Labute approximate surface area is 112 Å². The first kappa shape index (κ1) is 13.6. The first-order chi connectivity index (χ1) is 9.00. The minimum atomic E-state index is -0.995. The van der Waals surface area contributed by atoms with Crippen LogP contribution in [0, 0.1) is 5.92 Å². The SMILES string of the molecule is CC(C)[C@@H](NC(=O)c1cccn1C1CCC1)C(=O)O. The Balaban J connectivity index is 2.11. The van der Waals surface area contributed by atoms with Gasteiger partial charge in [0.2, 0.25) is 0 Å². The molecule has 2 rings (SSSR count). The number of hydrogen-bond acceptors (Lipinski definition) is 2. The van der Waals surface area contributed by atoms with Gasteiger partial charge < -0.3 is 15.0 Å². The standard InChI is InChI=1S/C14H20N2O3/c1-9(2)12(14(18)19)15-13(17)11-7-4-8-16(11)10-5-3-6-10/h4,7-10,12H,3,5-6H2,1-2H3,(H,15,17)(H,18,19)/t12-/m1/s1. The molecule has 0 bridgehead atoms. The molecule has 1 aromatic heterocycles. The minimum absolute atomic E-state index is 0.145. The molecule has 0 radical (unpaired) electrons. The Morgan fingerprint density at radius 1 is 1.42 bits per heavy atom. The van der Waals surface area contributed by atoms with Crippen molar-refractivity contribution < 1.29 is 14.7 Å². The van der Waals surface area contributed by atoms with Gasteiger partial charge in [-0.3, -0.25) is 4.79 Å². The summed E-state index contributed by atoms with van der Waals surface area (Å²) in [7, 11) is 0. The first-order valence-corrected chi connectivity index (χ1v) is 6.71. The van der Waals surface area contributed by atoms with Crippen molar-refractivity contribution in [3.63, 3.8) is 0 Å². The van der Waals surface area contributed by atoms with Crippen LogP contribution in [0.5, 0.6) is 0 Å². The fraction of sp³-hybridized carbons (Fsp3) is 0.571. The second-order valence-electron chi connectivity index (χ2n) is 5.42. The van der Waals surface area contributed by atoms with Crippen LogP contribution in [0.25, 0.3) is 0 Å². The van der Waals surface area contributed by atoms with Crippen LogP contribution in [-0.2, 0) is 4.79 Å². The second-order valence-corrected chi connectivity index (χ2v) is 5.42. The van der Waals surface area contributed by atoms with E-state index in [0.29, 0.717) is 11.7 Å². The summed E-state index contributed by atoms with van der Waals surface area (Å²) in [6.07, 6.45) is 5.25. The van der Waals surface area contributed by atoms with Crippen LogP contribution in [0.15, 0.2) is 18.3 Å². The number of rotatable bonds is 5. The summed E-state index contributed by atoms with van der Waals surface area (Å²) >= 11 is 0. The summed E-state index contributed by atoms with van der Waals surface area (Å²) in [4.78, 5) is 23.3. The van der Waals surface area contributed by atoms with Gasteiger partial charge >= 0.3 is 5.97 Å². The van der Waals surface area contributed by atoms with E-state index in [1.54, 1.807) is 19.9 Å². The molecule has 0 aromatic carbocycles. The lowest BCUT2D eigenvalue weighted by Gasteiger charge is -2.29. The van der Waals surface area contributed by atoms with Crippen molar-refractivity contribution in [2.24, 2.45) is 5.92 Å². The number of nitrogens with zero attached hydrogens (tertiary/aromatic N) is 1. The molecule has 1 aromatic rings. The van der Waals surface area contributed by atoms with Gasteiger partial charge in [-0.1, -0.05) is 13.8 Å². The van der Waals surface area contributed by atoms with E-state index >= 15 is 0 Å². The van der Waals surface area contributed by atoms with Crippen molar-refractivity contribution in [2.45, 2.75) is 45.2 Å². The van der Waals surface area contributed by atoms with Crippen LogP contribution in [0.3, 0.4) is 0 Å². The van der Waals surface area contributed by atoms with E-state index in [1.165, 1.54) is 6.42 Å². The van der Waals surface area contributed by atoms with Gasteiger partial charge in [0.1, 0.15) is 11.7 Å². The smallest absolute Gasteiger partial charge is 0.326 e. The summed E-state index contributed by atoms with van der Waals surface area (Å²) in [6.45, 7) is 3.56. The molecule has 5 heteroatoms. The van der Waals surface area contributed by atoms with Gasteiger partial charge in [-0.2, -0.15) is 0 Å². The Hall–Kier alpha value is -1.78. The Morgan fingerprint density at radius 3 is 2.58 bits per heavy atom. The molecular formula is C14H20N2O3. The third-order valence-electron chi connectivity index (χ3n) is 3.70. The number of amides is 1. The molecule has 1 aliphatic carbocycles. The molecule has 1 fully saturated rings. The van der Waals surface area contributed by atoms with Crippen LogP contribution in [0.2, 0.25) is 0 Å². The van der Waals surface area contributed by atoms with Gasteiger partial charge in [0.25, 0.3) is 5.91 Å². The summed E-state index contributed by atoms with van der Waals surface area (Å²) in [5, 5.41) is 11.7. The molecule has 1 saturated carbocycles. The van der Waals surface area contributed by atoms with Crippen LogP contribution in [-0.4, -0.2) is 27.6 Å². The van der Waals surface area contributed by atoms with Crippen LogP contribution in [0.1, 0.15) is 49.6 Å². The van der Waals surface area contributed by atoms with Crippen LogP contribution in [0.4, 0.5) is 0 Å². The van der Waals surface area contributed by atoms with Gasteiger partial charge in [0, 0.05) is 12.2 Å². The summed E-state index contributed by atoms with van der Waals surface area (Å²) < 4.78 is 1.96. The Kier molecular flexibility index (Phi) is 3.93. The zero-order valence-electron chi connectivity index (χ0n) is 11.3. The molecule has 1 atom stereocenters. The fourth-order valence-corrected chi connectivity index (χ4v) is 2.30. The highest BCUT2D eigenvalue weighted by Gasteiger charge is 2.27. The van der Waals surface area contributed by atoms with Gasteiger partial charge in [0.05, 0.1) is 0 Å². The van der Waals surface area contributed by atoms with E-state index < -0.39 is 12.0 Å². The highest BCUT2D eigenvalue weighted by Crippen LogP contribution is 2.32. The fourth-order valence-electron chi connectivity index (χ4n) is 2.30. The van der Waals surface area contributed by atoms with E-state index in [4.69, 9.17) is 5.11 Å². The number of carbonyl (C=O) groups excluding carboxylic acids is 1. The van der Waals surface area contributed by atoms with E-state index in [0.717, 1.165) is 12.8 Å². The lowest BCUT2D eigenvalue weighted by molar-refractivity contribution is -0.140. The lowest BCUT2D eigenvalue weighted by atomic mass is 9.93. The molecular weight excluding hydrogens is 244 g/mol. The molecule has 0 spiro atoms. The maximum absolute atomic E-state index is 12.2. The van der Waals surface area contributed by atoms with Crippen molar-refractivity contribution in [3.05, 3.63) is 24.0 Å². The molecule has 1 aliphatic rings. The van der Waals surface area contributed by atoms with E-state index in [2.05, 4.69) is 5.32 Å². The third kappa shape index (κ3) is 2.80.